The van der Waals surface area contributed by atoms with Crippen LogP contribution in [0.2, 0.25) is 0 Å². The van der Waals surface area contributed by atoms with Crippen molar-refractivity contribution in [3.05, 3.63) is 42.5 Å². The van der Waals surface area contributed by atoms with Gasteiger partial charge in [0.15, 0.2) is 0 Å². The van der Waals surface area contributed by atoms with Crippen LogP contribution in [0.15, 0.2) is 36.9 Å². The van der Waals surface area contributed by atoms with Gasteiger partial charge >= 0.3 is 0 Å². The summed E-state index contributed by atoms with van der Waals surface area (Å²) in [6, 6.07) is 7.76. The van der Waals surface area contributed by atoms with Crippen molar-refractivity contribution in [1.29, 1.82) is 0 Å². The van der Waals surface area contributed by atoms with Gasteiger partial charge in [0.2, 0.25) is 5.91 Å². The molecule has 0 bridgehead atoms. The van der Waals surface area contributed by atoms with E-state index in [4.69, 9.17) is 0 Å². The van der Waals surface area contributed by atoms with Crippen LogP contribution < -0.4 is 10.6 Å². The molecule has 2 N–H and O–H groups in total. The van der Waals surface area contributed by atoms with Crippen LogP contribution >= 0.6 is 24.8 Å². The normalized spacial score (nSPS) is 16.8. The molecule has 1 atom stereocenters. The van der Waals surface area contributed by atoms with Crippen LogP contribution in [0.5, 0.6) is 0 Å². The minimum atomic E-state index is -0.0716. The third-order valence-corrected chi connectivity index (χ3v) is 3.63. The molecular weight excluding hydrogens is 337 g/mol. The van der Waals surface area contributed by atoms with Gasteiger partial charge in [0.25, 0.3) is 0 Å². The van der Waals surface area contributed by atoms with Gasteiger partial charge in [0.05, 0.1) is 12.6 Å². The molecule has 8 heteroatoms. The molecule has 1 saturated heterocycles. The van der Waals surface area contributed by atoms with Crippen LogP contribution in [0.3, 0.4) is 0 Å². The van der Waals surface area contributed by atoms with Crippen molar-refractivity contribution in [2.75, 3.05) is 11.9 Å². The Balaban J connectivity index is 0.00000132. The van der Waals surface area contributed by atoms with Gasteiger partial charge in [-0.3, -0.25) is 4.79 Å². The fourth-order valence-electron chi connectivity index (χ4n) is 2.55. The molecule has 23 heavy (non-hydrogen) atoms. The van der Waals surface area contributed by atoms with Crippen molar-refractivity contribution in [2.24, 2.45) is 0 Å². The standard InChI is InChI=1S/C15H19N5O.2ClH/c21-15(14-6-1-2-7-17-14)19-13-5-3-4-12(8-13)9-20-11-16-10-18-20;;/h3-5,8,10-11,14,17H,1-2,6-7,9H2,(H,19,21);2*1H. The number of benzene rings is 1. The zero-order valence-corrected chi connectivity index (χ0v) is 14.3. The third kappa shape index (κ3) is 5.49. The number of rotatable bonds is 4. The topological polar surface area (TPSA) is 71.8 Å². The highest BCUT2D eigenvalue weighted by Gasteiger charge is 2.20. The number of nitrogens with zero attached hydrogens (tertiary/aromatic N) is 3. The van der Waals surface area contributed by atoms with E-state index in [0.717, 1.165) is 37.1 Å². The van der Waals surface area contributed by atoms with Crippen molar-refractivity contribution < 1.29 is 4.79 Å². The molecule has 2 heterocycles. The van der Waals surface area contributed by atoms with E-state index < -0.39 is 0 Å². The first-order chi connectivity index (χ1) is 10.3. The maximum atomic E-state index is 12.2. The summed E-state index contributed by atoms with van der Waals surface area (Å²) in [5.74, 6) is 0.0487. The molecule has 1 aliphatic rings. The van der Waals surface area contributed by atoms with Gasteiger partial charge in [-0.15, -0.1) is 24.8 Å². The Bertz CT molecular complexity index is 600. The number of hydrogen-bond donors (Lipinski definition) is 2. The summed E-state index contributed by atoms with van der Waals surface area (Å²) in [7, 11) is 0. The molecule has 6 nitrogen and oxygen atoms in total. The first kappa shape index (κ1) is 19.4. The SMILES string of the molecule is Cl.Cl.O=C(Nc1cccc(Cn2cncn2)c1)C1CCCCN1. The second kappa shape index (κ2) is 9.50. The van der Waals surface area contributed by atoms with Crippen LogP contribution in [0, 0.1) is 0 Å². The van der Waals surface area contributed by atoms with E-state index in [9.17, 15) is 4.79 Å². The molecule has 0 saturated carbocycles. The number of amides is 1. The lowest BCUT2D eigenvalue weighted by Gasteiger charge is -2.22. The summed E-state index contributed by atoms with van der Waals surface area (Å²) in [5, 5.41) is 10.3. The average molecular weight is 358 g/mol. The zero-order valence-electron chi connectivity index (χ0n) is 12.6. The van der Waals surface area contributed by atoms with E-state index in [2.05, 4.69) is 20.7 Å². The molecule has 1 amide bonds. The van der Waals surface area contributed by atoms with Gasteiger partial charge < -0.3 is 10.6 Å². The first-order valence-corrected chi connectivity index (χ1v) is 7.27. The minimum Gasteiger partial charge on any atom is -0.325 e. The van der Waals surface area contributed by atoms with E-state index in [1.54, 1.807) is 11.0 Å². The Morgan fingerprint density at radius 2 is 2.22 bits per heavy atom. The highest BCUT2D eigenvalue weighted by Crippen LogP contribution is 2.14. The molecule has 126 valence electrons. The quantitative estimate of drug-likeness (QED) is 0.880. The number of halogens is 2. The van der Waals surface area contributed by atoms with Gasteiger partial charge in [-0.05, 0) is 37.1 Å². The number of aromatic nitrogens is 3. The van der Waals surface area contributed by atoms with Crippen molar-refractivity contribution >= 4 is 36.4 Å². The largest absolute Gasteiger partial charge is 0.325 e. The molecule has 1 aromatic heterocycles. The Morgan fingerprint density at radius 3 is 2.91 bits per heavy atom. The van der Waals surface area contributed by atoms with Crippen molar-refractivity contribution in [3.8, 4) is 0 Å². The van der Waals surface area contributed by atoms with Crippen molar-refractivity contribution in [3.63, 3.8) is 0 Å². The fraction of sp³-hybridized carbons (Fsp3) is 0.400. The number of hydrogen-bond acceptors (Lipinski definition) is 4. The lowest BCUT2D eigenvalue weighted by molar-refractivity contribution is -0.118. The number of piperidine rings is 1. The highest BCUT2D eigenvalue weighted by molar-refractivity contribution is 5.94. The predicted molar refractivity (Wildman–Crippen MR) is 94.3 cm³/mol. The molecule has 1 fully saturated rings. The molecule has 0 radical (unpaired) electrons. The summed E-state index contributed by atoms with van der Waals surface area (Å²) < 4.78 is 1.75. The Hall–Kier alpha value is -1.63. The van der Waals surface area contributed by atoms with E-state index in [0.29, 0.717) is 6.54 Å². The molecule has 1 aromatic carbocycles. The van der Waals surface area contributed by atoms with Crippen LogP contribution in [-0.4, -0.2) is 33.3 Å². The molecule has 1 aliphatic heterocycles. The van der Waals surface area contributed by atoms with Gasteiger partial charge in [-0.2, -0.15) is 5.10 Å². The average Bonchev–Trinajstić information content (AvgIpc) is 3.01. The van der Waals surface area contributed by atoms with Crippen LogP contribution in [-0.2, 0) is 11.3 Å². The van der Waals surface area contributed by atoms with Crippen molar-refractivity contribution in [1.82, 2.24) is 20.1 Å². The number of carbonyl (C=O) groups excluding carboxylic acids is 1. The summed E-state index contributed by atoms with van der Waals surface area (Å²) in [6.07, 6.45) is 6.36. The van der Waals surface area contributed by atoms with E-state index in [1.165, 1.54) is 6.33 Å². The Morgan fingerprint density at radius 1 is 1.35 bits per heavy atom. The summed E-state index contributed by atoms with van der Waals surface area (Å²) in [4.78, 5) is 16.1. The zero-order chi connectivity index (χ0) is 14.5. The van der Waals surface area contributed by atoms with Gasteiger partial charge in [0, 0.05) is 5.69 Å². The van der Waals surface area contributed by atoms with Gasteiger partial charge in [-0.1, -0.05) is 18.6 Å². The smallest absolute Gasteiger partial charge is 0.241 e. The molecule has 0 spiro atoms. The summed E-state index contributed by atoms with van der Waals surface area (Å²) in [5.41, 5.74) is 1.90. The highest BCUT2D eigenvalue weighted by atomic mass is 35.5. The first-order valence-electron chi connectivity index (χ1n) is 7.27. The van der Waals surface area contributed by atoms with Crippen LogP contribution in [0.25, 0.3) is 0 Å². The van der Waals surface area contributed by atoms with E-state index in [-0.39, 0.29) is 36.8 Å². The monoisotopic (exact) mass is 357 g/mol. The second-order valence-corrected chi connectivity index (χ2v) is 5.29. The number of nitrogens with one attached hydrogen (secondary N) is 2. The Labute approximate surface area is 147 Å². The van der Waals surface area contributed by atoms with Crippen LogP contribution in [0.1, 0.15) is 24.8 Å². The van der Waals surface area contributed by atoms with Crippen molar-refractivity contribution in [2.45, 2.75) is 31.8 Å². The fourth-order valence-corrected chi connectivity index (χ4v) is 2.55. The van der Waals surface area contributed by atoms with E-state index in [1.807, 2.05) is 24.3 Å². The molecule has 2 aromatic rings. The lowest BCUT2D eigenvalue weighted by Crippen LogP contribution is -2.43. The second-order valence-electron chi connectivity index (χ2n) is 5.29. The number of anilines is 1. The number of carbonyl (C=O) groups is 1. The molecule has 0 aliphatic carbocycles. The van der Waals surface area contributed by atoms with Crippen LogP contribution in [0.4, 0.5) is 5.69 Å². The molecule has 1 unspecified atom stereocenters. The molecular formula is C15H21Cl2N5O. The summed E-state index contributed by atoms with van der Waals surface area (Å²) in [6.45, 7) is 1.57. The Kier molecular flexibility index (Phi) is 8.02. The minimum absolute atomic E-state index is 0. The lowest BCUT2D eigenvalue weighted by atomic mass is 10.0. The third-order valence-electron chi connectivity index (χ3n) is 3.63. The predicted octanol–water partition coefficient (Wildman–Crippen LogP) is 2.25. The van der Waals surface area contributed by atoms with Gasteiger partial charge in [0.1, 0.15) is 12.7 Å². The maximum absolute atomic E-state index is 12.2. The van der Waals surface area contributed by atoms with E-state index >= 15 is 0 Å². The van der Waals surface area contributed by atoms with Gasteiger partial charge in [-0.25, -0.2) is 9.67 Å². The summed E-state index contributed by atoms with van der Waals surface area (Å²) >= 11 is 0. The maximum Gasteiger partial charge on any atom is 0.241 e. The molecule has 3 rings (SSSR count).